The van der Waals surface area contributed by atoms with E-state index in [9.17, 15) is 9.90 Å². The van der Waals surface area contributed by atoms with Crippen molar-refractivity contribution < 1.29 is 19.4 Å². The summed E-state index contributed by atoms with van der Waals surface area (Å²) in [6, 6.07) is 12.8. The van der Waals surface area contributed by atoms with E-state index < -0.39 is 0 Å². The summed E-state index contributed by atoms with van der Waals surface area (Å²) in [6.45, 7) is 8.05. The van der Waals surface area contributed by atoms with E-state index in [1.807, 2.05) is 51.1 Å². The number of carbonyl (C=O) groups excluding carboxylic acids is 1. The molecular formula is C25H31NO4. The Bertz CT molecular complexity index is 923. The number of rotatable bonds is 9. The predicted molar refractivity (Wildman–Crippen MR) is 122 cm³/mol. The Morgan fingerprint density at radius 1 is 1.10 bits per heavy atom. The second-order valence-corrected chi connectivity index (χ2v) is 7.07. The molecule has 0 unspecified atom stereocenters. The fourth-order valence-corrected chi connectivity index (χ4v) is 3.07. The molecule has 0 aliphatic carbocycles. The number of hydrogen-bond acceptors (Lipinski definition) is 5. The molecular weight excluding hydrogens is 378 g/mol. The third kappa shape index (κ3) is 5.89. The van der Waals surface area contributed by atoms with Crippen LogP contribution in [0, 0.1) is 0 Å². The molecule has 0 aliphatic rings. The van der Waals surface area contributed by atoms with Crippen LogP contribution in [0.15, 0.2) is 59.7 Å². The first-order valence-corrected chi connectivity index (χ1v) is 10.2. The van der Waals surface area contributed by atoms with Gasteiger partial charge in [0.25, 0.3) is 0 Å². The second kappa shape index (κ2) is 11.1. The number of methoxy groups -OCH3 is 1. The summed E-state index contributed by atoms with van der Waals surface area (Å²) in [6.07, 6.45) is 3.13. The third-order valence-electron chi connectivity index (χ3n) is 4.68. The second-order valence-electron chi connectivity index (χ2n) is 7.07. The van der Waals surface area contributed by atoms with Crippen LogP contribution in [0.3, 0.4) is 0 Å². The maximum absolute atomic E-state index is 12.7. The van der Waals surface area contributed by atoms with E-state index in [1.165, 1.54) is 0 Å². The smallest absolute Gasteiger partial charge is 0.336 e. The lowest BCUT2D eigenvalue weighted by atomic mass is 10.0. The molecule has 0 saturated carbocycles. The fourth-order valence-electron chi connectivity index (χ4n) is 3.07. The normalized spacial score (nSPS) is 11.4. The van der Waals surface area contributed by atoms with Gasteiger partial charge in [0.2, 0.25) is 0 Å². The van der Waals surface area contributed by atoms with Crippen LogP contribution in [0.25, 0.3) is 5.70 Å². The number of esters is 1. The van der Waals surface area contributed by atoms with Crippen molar-refractivity contribution in [2.24, 2.45) is 0 Å². The van der Waals surface area contributed by atoms with Crippen molar-refractivity contribution in [3.63, 3.8) is 0 Å². The highest BCUT2D eigenvalue weighted by molar-refractivity contribution is 6.00. The standard InChI is InChI=1S/C25H31NO4/c1-6-20(25(28)30-7-2)24(18-12-14-19(29-5)15-13-18)26-22-9-8-10-23(27)21(22)16-11-17(3)4/h8-15,26-27H,6-7,16H2,1-5H3/b24-20-. The largest absolute Gasteiger partial charge is 0.508 e. The zero-order chi connectivity index (χ0) is 22.1. The van der Waals surface area contributed by atoms with Gasteiger partial charge in [0.05, 0.1) is 25.0 Å². The topological polar surface area (TPSA) is 67.8 Å². The van der Waals surface area contributed by atoms with Crippen molar-refractivity contribution in [3.05, 3.63) is 70.8 Å². The van der Waals surface area contributed by atoms with Crippen molar-refractivity contribution in [3.8, 4) is 11.5 Å². The van der Waals surface area contributed by atoms with Gasteiger partial charge in [-0.2, -0.15) is 0 Å². The third-order valence-corrected chi connectivity index (χ3v) is 4.68. The van der Waals surface area contributed by atoms with Crippen LogP contribution in [-0.4, -0.2) is 24.8 Å². The molecule has 2 aromatic rings. The highest BCUT2D eigenvalue weighted by atomic mass is 16.5. The summed E-state index contributed by atoms with van der Waals surface area (Å²) in [5.41, 5.74) is 4.70. The highest BCUT2D eigenvalue weighted by Gasteiger charge is 2.19. The molecule has 0 aromatic heterocycles. The molecule has 0 saturated heterocycles. The van der Waals surface area contributed by atoms with Crippen LogP contribution in [0.1, 0.15) is 45.2 Å². The molecule has 2 aromatic carbocycles. The minimum atomic E-state index is -0.357. The van der Waals surface area contributed by atoms with Gasteiger partial charge in [0, 0.05) is 11.3 Å². The van der Waals surface area contributed by atoms with Gasteiger partial charge in [-0.25, -0.2) is 4.79 Å². The van der Waals surface area contributed by atoms with E-state index in [0.29, 0.717) is 30.7 Å². The Balaban J connectivity index is 2.60. The molecule has 0 atom stereocenters. The molecule has 0 heterocycles. The van der Waals surface area contributed by atoms with Gasteiger partial charge in [-0.3, -0.25) is 0 Å². The minimum Gasteiger partial charge on any atom is -0.508 e. The van der Waals surface area contributed by atoms with Crippen LogP contribution in [0.4, 0.5) is 5.69 Å². The van der Waals surface area contributed by atoms with Gasteiger partial charge in [-0.1, -0.05) is 24.6 Å². The summed E-state index contributed by atoms with van der Waals surface area (Å²) in [5.74, 6) is 0.582. The first kappa shape index (κ1) is 23.1. The predicted octanol–water partition coefficient (Wildman–Crippen LogP) is 5.71. The van der Waals surface area contributed by atoms with E-state index in [-0.39, 0.29) is 11.7 Å². The van der Waals surface area contributed by atoms with Crippen LogP contribution in [-0.2, 0) is 16.0 Å². The number of nitrogens with one attached hydrogen (secondary N) is 1. The van der Waals surface area contributed by atoms with E-state index in [4.69, 9.17) is 9.47 Å². The fraction of sp³-hybridized carbons (Fsp3) is 0.320. The number of phenols is 1. The quantitative estimate of drug-likeness (QED) is 0.316. The summed E-state index contributed by atoms with van der Waals surface area (Å²) >= 11 is 0. The average Bonchev–Trinajstić information content (AvgIpc) is 2.73. The van der Waals surface area contributed by atoms with Crippen molar-refractivity contribution in [1.82, 2.24) is 0 Å². The number of ether oxygens (including phenoxy) is 2. The molecule has 2 N–H and O–H groups in total. The van der Waals surface area contributed by atoms with E-state index in [1.54, 1.807) is 26.2 Å². The molecule has 0 amide bonds. The molecule has 5 nitrogen and oxygen atoms in total. The van der Waals surface area contributed by atoms with Crippen molar-refractivity contribution in [2.45, 2.75) is 40.5 Å². The molecule has 160 valence electrons. The molecule has 0 fully saturated rings. The maximum atomic E-state index is 12.7. The van der Waals surface area contributed by atoms with Crippen molar-refractivity contribution in [2.75, 3.05) is 19.0 Å². The monoisotopic (exact) mass is 409 g/mol. The molecule has 5 heteroatoms. The average molecular weight is 410 g/mol. The molecule has 30 heavy (non-hydrogen) atoms. The SMILES string of the molecule is CCOC(=O)/C(CC)=C(\Nc1cccc(O)c1CC=C(C)C)c1ccc(OC)cc1. The van der Waals surface area contributed by atoms with Gasteiger partial charge in [0.1, 0.15) is 11.5 Å². The summed E-state index contributed by atoms with van der Waals surface area (Å²) in [7, 11) is 1.61. The lowest BCUT2D eigenvalue weighted by Crippen LogP contribution is -2.14. The number of hydrogen-bond donors (Lipinski definition) is 2. The number of benzene rings is 2. The molecule has 0 radical (unpaired) electrons. The Morgan fingerprint density at radius 3 is 2.37 bits per heavy atom. The number of aromatic hydroxyl groups is 1. The van der Waals surface area contributed by atoms with Gasteiger partial charge in [-0.15, -0.1) is 0 Å². The lowest BCUT2D eigenvalue weighted by Gasteiger charge is -2.19. The number of phenolic OH excluding ortho intramolecular Hbond substituents is 1. The lowest BCUT2D eigenvalue weighted by molar-refractivity contribution is -0.138. The molecule has 2 rings (SSSR count). The number of carbonyl (C=O) groups is 1. The van der Waals surface area contributed by atoms with E-state index in [0.717, 1.165) is 28.1 Å². The summed E-state index contributed by atoms with van der Waals surface area (Å²) < 4.78 is 10.6. The van der Waals surface area contributed by atoms with Gasteiger partial charge >= 0.3 is 5.97 Å². The van der Waals surface area contributed by atoms with Crippen LogP contribution >= 0.6 is 0 Å². The van der Waals surface area contributed by atoms with Crippen LogP contribution < -0.4 is 10.1 Å². The zero-order valence-electron chi connectivity index (χ0n) is 18.4. The van der Waals surface area contributed by atoms with E-state index >= 15 is 0 Å². The molecule has 0 spiro atoms. The van der Waals surface area contributed by atoms with Crippen LogP contribution in [0.5, 0.6) is 11.5 Å². The van der Waals surface area contributed by atoms with Gasteiger partial charge in [0.15, 0.2) is 0 Å². The molecule has 0 aliphatic heterocycles. The summed E-state index contributed by atoms with van der Waals surface area (Å²) in [5, 5.41) is 13.9. The van der Waals surface area contributed by atoms with Crippen molar-refractivity contribution in [1.29, 1.82) is 0 Å². The molecule has 0 bridgehead atoms. The summed E-state index contributed by atoms with van der Waals surface area (Å²) in [4.78, 5) is 12.7. The van der Waals surface area contributed by atoms with Gasteiger partial charge in [-0.05, 0) is 75.6 Å². The number of allylic oxidation sites excluding steroid dienone is 2. The van der Waals surface area contributed by atoms with E-state index in [2.05, 4.69) is 11.4 Å². The van der Waals surface area contributed by atoms with Crippen molar-refractivity contribution >= 4 is 17.4 Å². The van der Waals surface area contributed by atoms with Gasteiger partial charge < -0.3 is 19.9 Å². The first-order valence-electron chi connectivity index (χ1n) is 10.2. The zero-order valence-corrected chi connectivity index (χ0v) is 18.4. The minimum absolute atomic E-state index is 0.209. The Kier molecular flexibility index (Phi) is 8.54. The maximum Gasteiger partial charge on any atom is 0.336 e. The Morgan fingerprint density at radius 2 is 1.80 bits per heavy atom. The van der Waals surface area contributed by atoms with Crippen LogP contribution in [0.2, 0.25) is 0 Å². The Labute approximate surface area is 179 Å². The number of anilines is 1. The first-order chi connectivity index (χ1) is 14.4. The highest BCUT2D eigenvalue weighted by Crippen LogP contribution is 2.32. The Hall–Kier alpha value is -3.21.